The molecule has 1 aliphatic heterocycles. The summed E-state index contributed by atoms with van der Waals surface area (Å²) in [6.07, 6.45) is 3.90. The zero-order valence-corrected chi connectivity index (χ0v) is 16.9. The Morgan fingerprint density at radius 3 is 2.32 bits per heavy atom. The third-order valence-electron chi connectivity index (χ3n) is 5.77. The van der Waals surface area contributed by atoms with E-state index in [4.69, 9.17) is 4.74 Å². The van der Waals surface area contributed by atoms with E-state index in [9.17, 15) is 14.7 Å². The number of esters is 1. The SMILES string of the molecule is CC[C@@H]1C(=O)OC1[C@@H](C)C/C(C)=C/[C@@H](C)C(=O)[C@@H](C)[C@H](O)[C@@H](C)CC. The Morgan fingerprint density at radius 2 is 1.84 bits per heavy atom. The van der Waals surface area contributed by atoms with Gasteiger partial charge >= 0.3 is 5.97 Å². The molecule has 1 rings (SSSR count). The Hall–Kier alpha value is -1.16. The molecule has 25 heavy (non-hydrogen) atoms. The van der Waals surface area contributed by atoms with Gasteiger partial charge in [0.05, 0.1) is 12.0 Å². The van der Waals surface area contributed by atoms with Gasteiger partial charge in [0, 0.05) is 11.8 Å². The van der Waals surface area contributed by atoms with Crippen LogP contribution in [0.25, 0.3) is 0 Å². The second-order valence-electron chi connectivity index (χ2n) is 7.97. The van der Waals surface area contributed by atoms with Crippen molar-refractivity contribution >= 4 is 11.8 Å². The summed E-state index contributed by atoms with van der Waals surface area (Å²) in [5.41, 5.74) is 1.14. The second kappa shape index (κ2) is 9.51. The predicted molar refractivity (Wildman–Crippen MR) is 100.0 cm³/mol. The van der Waals surface area contributed by atoms with Gasteiger partial charge in [0.15, 0.2) is 0 Å². The third kappa shape index (κ3) is 5.40. The largest absolute Gasteiger partial charge is 0.461 e. The minimum atomic E-state index is -0.590. The molecule has 1 fully saturated rings. The van der Waals surface area contributed by atoms with E-state index in [2.05, 4.69) is 6.92 Å². The highest BCUT2D eigenvalue weighted by Gasteiger charge is 2.43. The molecule has 1 unspecified atom stereocenters. The van der Waals surface area contributed by atoms with Gasteiger partial charge < -0.3 is 9.84 Å². The van der Waals surface area contributed by atoms with E-state index in [0.29, 0.717) is 0 Å². The lowest BCUT2D eigenvalue weighted by Crippen LogP contribution is -2.48. The summed E-state index contributed by atoms with van der Waals surface area (Å²) in [6.45, 7) is 13.9. The van der Waals surface area contributed by atoms with Gasteiger partial charge in [0.25, 0.3) is 0 Å². The van der Waals surface area contributed by atoms with Gasteiger partial charge in [-0.2, -0.15) is 0 Å². The van der Waals surface area contributed by atoms with Crippen molar-refractivity contribution in [1.29, 1.82) is 0 Å². The van der Waals surface area contributed by atoms with Crippen molar-refractivity contribution in [2.24, 2.45) is 29.6 Å². The van der Waals surface area contributed by atoms with Crippen LogP contribution in [0.15, 0.2) is 11.6 Å². The molecule has 0 bridgehead atoms. The highest BCUT2D eigenvalue weighted by atomic mass is 16.6. The molecule has 0 aromatic heterocycles. The number of carbonyl (C=O) groups excluding carboxylic acids is 2. The molecule has 7 atom stereocenters. The van der Waals surface area contributed by atoms with E-state index < -0.39 is 6.10 Å². The van der Waals surface area contributed by atoms with E-state index in [1.54, 1.807) is 0 Å². The van der Waals surface area contributed by atoms with Crippen LogP contribution < -0.4 is 0 Å². The van der Waals surface area contributed by atoms with Crippen molar-refractivity contribution in [3.63, 3.8) is 0 Å². The van der Waals surface area contributed by atoms with Crippen LogP contribution in [0.3, 0.4) is 0 Å². The molecule has 4 nitrogen and oxygen atoms in total. The maximum atomic E-state index is 12.6. The molecule has 0 spiro atoms. The van der Waals surface area contributed by atoms with Gasteiger partial charge in [-0.1, -0.05) is 59.6 Å². The number of carbonyl (C=O) groups is 2. The standard InChI is InChI=1S/C21H36O4/c1-8-13(4)18(22)16(7)19(23)14(5)10-12(3)11-15(6)20-17(9-2)21(24)25-20/h10,13-18,20,22H,8-9,11H2,1-7H3/b12-10+/t13-,14+,15-,16-,17-,18+,20?/m0/s1. The molecule has 0 aromatic carbocycles. The molecule has 0 radical (unpaired) electrons. The number of cyclic esters (lactones) is 1. The van der Waals surface area contributed by atoms with Gasteiger partial charge in [-0.05, 0) is 31.6 Å². The maximum Gasteiger partial charge on any atom is 0.313 e. The van der Waals surface area contributed by atoms with E-state index in [1.165, 1.54) is 0 Å². The monoisotopic (exact) mass is 352 g/mol. The normalized spacial score (nSPS) is 26.9. The van der Waals surface area contributed by atoms with Crippen LogP contribution in [-0.2, 0) is 14.3 Å². The van der Waals surface area contributed by atoms with Gasteiger partial charge in [-0.25, -0.2) is 0 Å². The Morgan fingerprint density at radius 1 is 1.24 bits per heavy atom. The molecular formula is C21H36O4. The van der Waals surface area contributed by atoms with Crippen LogP contribution in [0.1, 0.15) is 67.7 Å². The summed E-state index contributed by atoms with van der Waals surface area (Å²) >= 11 is 0. The number of ketones is 1. The van der Waals surface area contributed by atoms with Gasteiger partial charge in [-0.3, -0.25) is 9.59 Å². The number of aliphatic hydroxyl groups excluding tert-OH is 1. The first kappa shape index (κ1) is 21.9. The fraction of sp³-hybridized carbons (Fsp3) is 0.810. The number of Topliss-reactive ketones (excluding diaryl/α,β-unsaturated/α-hetero) is 1. The van der Waals surface area contributed by atoms with Crippen LogP contribution in [0.5, 0.6) is 0 Å². The number of allylic oxidation sites excluding steroid dienone is 2. The lowest BCUT2D eigenvalue weighted by Gasteiger charge is -2.38. The average Bonchev–Trinajstić information content (AvgIpc) is 2.56. The first-order chi connectivity index (χ1) is 11.6. The lowest BCUT2D eigenvalue weighted by atomic mass is 9.81. The zero-order valence-electron chi connectivity index (χ0n) is 16.9. The smallest absolute Gasteiger partial charge is 0.313 e. The van der Waals surface area contributed by atoms with Crippen molar-refractivity contribution in [3.05, 3.63) is 11.6 Å². The fourth-order valence-electron chi connectivity index (χ4n) is 3.80. The van der Waals surface area contributed by atoms with Crippen molar-refractivity contribution in [1.82, 2.24) is 0 Å². The molecule has 0 amide bonds. The van der Waals surface area contributed by atoms with Gasteiger partial charge in [-0.15, -0.1) is 0 Å². The third-order valence-corrected chi connectivity index (χ3v) is 5.77. The number of aliphatic hydroxyl groups is 1. The number of hydrogen-bond donors (Lipinski definition) is 1. The minimum absolute atomic E-state index is 0.00185. The van der Waals surface area contributed by atoms with Gasteiger partial charge in [0.1, 0.15) is 11.9 Å². The van der Waals surface area contributed by atoms with Crippen molar-refractivity contribution < 1.29 is 19.4 Å². The van der Waals surface area contributed by atoms with Crippen molar-refractivity contribution in [2.75, 3.05) is 0 Å². The molecular weight excluding hydrogens is 316 g/mol. The first-order valence-corrected chi connectivity index (χ1v) is 9.73. The highest BCUT2D eigenvalue weighted by Crippen LogP contribution is 2.34. The second-order valence-corrected chi connectivity index (χ2v) is 7.97. The molecule has 4 heteroatoms. The quantitative estimate of drug-likeness (QED) is 0.474. The van der Waals surface area contributed by atoms with E-state index in [-0.39, 0.29) is 47.4 Å². The van der Waals surface area contributed by atoms with E-state index in [1.807, 2.05) is 47.6 Å². The number of hydrogen-bond acceptors (Lipinski definition) is 4. The summed E-state index contributed by atoms with van der Waals surface area (Å²) in [5.74, 6) is -0.179. The Bertz CT molecular complexity index is 496. The minimum Gasteiger partial charge on any atom is -0.461 e. The average molecular weight is 353 g/mol. The van der Waals surface area contributed by atoms with Crippen LogP contribution in [0, 0.1) is 29.6 Å². The maximum absolute atomic E-state index is 12.6. The molecule has 1 heterocycles. The number of ether oxygens (including phenoxy) is 1. The molecule has 1 aliphatic rings. The summed E-state index contributed by atoms with van der Waals surface area (Å²) in [4.78, 5) is 24.0. The lowest BCUT2D eigenvalue weighted by molar-refractivity contribution is -0.191. The topological polar surface area (TPSA) is 63.6 Å². The molecule has 1 N–H and O–H groups in total. The molecule has 1 saturated heterocycles. The van der Waals surface area contributed by atoms with E-state index in [0.717, 1.165) is 24.8 Å². The fourth-order valence-corrected chi connectivity index (χ4v) is 3.80. The number of rotatable bonds is 10. The van der Waals surface area contributed by atoms with E-state index >= 15 is 0 Å². The first-order valence-electron chi connectivity index (χ1n) is 9.73. The Labute approximate surface area is 153 Å². The highest BCUT2D eigenvalue weighted by molar-refractivity contribution is 5.85. The molecule has 0 aromatic rings. The predicted octanol–water partition coefficient (Wildman–Crippen LogP) is 4.16. The Balaban J connectivity index is 2.62. The van der Waals surface area contributed by atoms with Crippen LogP contribution >= 0.6 is 0 Å². The zero-order chi connectivity index (χ0) is 19.3. The molecule has 144 valence electrons. The molecule has 0 aliphatic carbocycles. The van der Waals surface area contributed by atoms with Crippen molar-refractivity contribution in [2.45, 2.75) is 79.9 Å². The molecule has 0 saturated carbocycles. The van der Waals surface area contributed by atoms with Crippen molar-refractivity contribution in [3.8, 4) is 0 Å². The van der Waals surface area contributed by atoms with Crippen LogP contribution in [0.4, 0.5) is 0 Å². The van der Waals surface area contributed by atoms with Crippen LogP contribution in [0.2, 0.25) is 0 Å². The van der Waals surface area contributed by atoms with Crippen LogP contribution in [-0.4, -0.2) is 29.1 Å². The Kier molecular flexibility index (Phi) is 8.33. The summed E-state index contributed by atoms with van der Waals surface area (Å²) in [6, 6.07) is 0. The summed E-state index contributed by atoms with van der Waals surface area (Å²) in [7, 11) is 0. The summed E-state index contributed by atoms with van der Waals surface area (Å²) in [5, 5.41) is 10.3. The van der Waals surface area contributed by atoms with Gasteiger partial charge in [0.2, 0.25) is 0 Å². The summed E-state index contributed by atoms with van der Waals surface area (Å²) < 4.78 is 5.30.